The van der Waals surface area contributed by atoms with Gasteiger partial charge in [-0.05, 0) is 61.9 Å². The first-order chi connectivity index (χ1) is 13.0. The lowest BCUT2D eigenvalue weighted by Crippen LogP contribution is -2.12. The highest BCUT2D eigenvalue weighted by molar-refractivity contribution is 9.10. The first kappa shape index (κ1) is 19.1. The Morgan fingerprint density at radius 1 is 1.22 bits per heavy atom. The van der Waals surface area contributed by atoms with Crippen LogP contribution in [0, 0.1) is 6.92 Å². The Morgan fingerprint density at radius 3 is 2.70 bits per heavy atom. The van der Waals surface area contributed by atoms with Crippen LogP contribution in [-0.2, 0) is 11.2 Å². The highest BCUT2D eigenvalue weighted by atomic mass is 79.9. The summed E-state index contributed by atoms with van der Waals surface area (Å²) in [7, 11) is 0. The van der Waals surface area contributed by atoms with Gasteiger partial charge in [-0.2, -0.15) is 4.98 Å². The van der Waals surface area contributed by atoms with Gasteiger partial charge < -0.3 is 14.6 Å². The number of rotatable bonds is 7. The van der Waals surface area contributed by atoms with E-state index < -0.39 is 0 Å². The number of aromatic nitrogens is 2. The maximum absolute atomic E-state index is 12.1. The van der Waals surface area contributed by atoms with Gasteiger partial charge in [-0.15, -0.1) is 0 Å². The monoisotopic (exact) mass is 429 g/mol. The second-order valence-corrected chi connectivity index (χ2v) is 6.84. The van der Waals surface area contributed by atoms with Crippen molar-refractivity contribution in [1.82, 2.24) is 10.1 Å². The zero-order valence-electron chi connectivity index (χ0n) is 15.2. The number of nitrogens with zero attached hydrogens (tertiary/aromatic N) is 2. The molecule has 0 bridgehead atoms. The molecule has 3 aromatic rings. The zero-order valence-corrected chi connectivity index (χ0v) is 16.7. The molecule has 0 saturated heterocycles. The van der Waals surface area contributed by atoms with Gasteiger partial charge in [0, 0.05) is 28.6 Å². The SMILES string of the molecule is CCOc1ccc(-c2noc(CCC(=O)Nc3ccc(Br)c(C)c3)n2)cc1. The quantitative estimate of drug-likeness (QED) is 0.584. The molecule has 0 aliphatic rings. The molecule has 0 radical (unpaired) electrons. The molecule has 6 nitrogen and oxygen atoms in total. The largest absolute Gasteiger partial charge is 0.494 e. The fourth-order valence-corrected chi connectivity index (χ4v) is 2.75. The fraction of sp³-hybridized carbons (Fsp3) is 0.250. The summed E-state index contributed by atoms with van der Waals surface area (Å²) in [6.45, 7) is 4.53. The molecular weight excluding hydrogens is 410 g/mol. The van der Waals surface area contributed by atoms with Crippen molar-refractivity contribution in [3.8, 4) is 17.1 Å². The number of nitrogens with one attached hydrogen (secondary N) is 1. The van der Waals surface area contributed by atoms with Crippen molar-refractivity contribution >= 4 is 27.5 Å². The maximum atomic E-state index is 12.1. The van der Waals surface area contributed by atoms with E-state index in [1.54, 1.807) is 0 Å². The predicted octanol–water partition coefficient (Wildman–Crippen LogP) is 4.78. The number of anilines is 1. The number of ether oxygens (including phenoxy) is 1. The second-order valence-electron chi connectivity index (χ2n) is 5.98. The molecule has 27 heavy (non-hydrogen) atoms. The summed E-state index contributed by atoms with van der Waals surface area (Å²) in [4.78, 5) is 16.5. The summed E-state index contributed by atoms with van der Waals surface area (Å²) in [6, 6.07) is 13.2. The van der Waals surface area contributed by atoms with Crippen LogP contribution >= 0.6 is 15.9 Å². The van der Waals surface area contributed by atoms with Crippen LogP contribution in [0.5, 0.6) is 5.75 Å². The summed E-state index contributed by atoms with van der Waals surface area (Å²) in [5, 5.41) is 6.85. The lowest BCUT2D eigenvalue weighted by Gasteiger charge is -2.06. The Kier molecular flexibility index (Phi) is 6.24. The number of halogens is 1. The number of aryl methyl sites for hydroxylation is 2. The van der Waals surface area contributed by atoms with E-state index in [1.165, 1.54) is 0 Å². The Hall–Kier alpha value is -2.67. The van der Waals surface area contributed by atoms with Gasteiger partial charge in [0.05, 0.1) is 6.61 Å². The lowest BCUT2D eigenvalue weighted by atomic mass is 10.2. The van der Waals surface area contributed by atoms with Gasteiger partial charge >= 0.3 is 0 Å². The fourth-order valence-electron chi connectivity index (χ4n) is 2.51. The average Bonchev–Trinajstić information content (AvgIpc) is 3.13. The second kappa shape index (κ2) is 8.81. The van der Waals surface area contributed by atoms with Gasteiger partial charge in [-0.25, -0.2) is 0 Å². The number of hydrogen-bond acceptors (Lipinski definition) is 5. The predicted molar refractivity (Wildman–Crippen MR) is 107 cm³/mol. The average molecular weight is 430 g/mol. The van der Waals surface area contributed by atoms with E-state index in [1.807, 2.05) is 56.3 Å². The number of benzene rings is 2. The van der Waals surface area contributed by atoms with Crippen LogP contribution in [0.1, 0.15) is 24.8 Å². The summed E-state index contributed by atoms with van der Waals surface area (Å²) in [6.07, 6.45) is 0.644. The molecule has 2 aromatic carbocycles. The minimum absolute atomic E-state index is 0.0995. The van der Waals surface area contributed by atoms with E-state index in [9.17, 15) is 4.79 Å². The van der Waals surface area contributed by atoms with Crippen molar-refractivity contribution in [3.63, 3.8) is 0 Å². The minimum Gasteiger partial charge on any atom is -0.494 e. The van der Waals surface area contributed by atoms with Crippen molar-refractivity contribution in [2.24, 2.45) is 0 Å². The molecule has 0 saturated carbocycles. The molecule has 0 aliphatic carbocycles. The summed E-state index contributed by atoms with van der Waals surface area (Å²) < 4.78 is 11.7. The zero-order chi connectivity index (χ0) is 19.2. The highest BCUT2D eigenvalue weighted by Crippen LogP contribution is 2.21. The Bertz CT molecular complexity index is 922. The van der Waals surface area contributed by atoms with Crippen molar-refractivity contribution < 1.29 is 14.1 Å². The Balaban J connectivity index is 1.55. The molecule has 1 aromatic heterocycles. The van der Waals surface area contributed by atoms with E-state index >= 15 is 0 Å². The number of carbonyl (C=O) groups excluding carboxylic acids is 1. The van der Waals surface area contributed by atoms with Gasteiger partial charge in [0.25, 0.3) is 0 Å². The first-order valence-corrected chi connectivity index (χ1v) is 9.46. The van der Waals surface area contributed by atoms with Crippen molar-refractivity contribution in [1.29, 1.82) is 0 Å². The van der Waals surface area contributed by atoms with E-state index in [-0.39, 0.29) is 12.3 Å². The Morgan fingerprint density at radius 2 is 2.00 bits per heavy atom. The van der Waals surface area contributed by atoms with Crippen molar-refractivity contribution in [2.45, 2.75) is 26.7 Å². The molecule has 1 N–H and O–H groups in total. The van der Waals surface area contributed by atoms with Gasteiger partial charge in [0.1, 0.15) is 5.75 Å². The van der Waals surface area contributed by atoms with Crippen LogP contribution in [0.4, 0.5) is 5.69 Å². The molecule has 0 spiro atoms. The Labute approximate surface area is 166 Å². The maximum Gasteiger partial charge on any atom is 0.227 e. The van der Waals surface area contributed by atoms with Crippen LogP contribution in [0.15, 0.2) is 51.5 Å². The topological polar surface area (TPSA) is 77.2 Å². The van der Waals surface area contributed by atoms with Crippen LogP contribution < -0.4 is 10.1 Å². The van der Waals surface area contributed by atoms with Crippen molar-refractivity contribution in [2.75, 3.05) is 11.9 Å². The van der Waals surface area contributed by atoms with Gasteiger partial charge in [0.15, 0.2) is 0 Å². The third kappa shape index (κ3) is 5.17. The van der Waals surface area contributed by atoms with E-state index in [0.717, 1.165) is 27.0 Å². The smallest absolute Gasteiger partial charge is 0.227 e. The molecule has 0 atom stereocenters. The third-order valence-electron chi connectivity index (χ3n) is 3.90. The normalized spacial score (nSPS) is 10.6. The molecule has 7 heteroatoms. The van der Waals surface area contributed by atoms with Crippen LogP contribution in [0.25, 0.3) is 11.4 Å². The van der Waals surface area contributed by atoms with Crippen LogP contribution in [0.3, 0.4) is 0 Å². The molecule has 3 rings (SSSR count). The lowest BCUT2D eigenvalue weighted by molar-refractivity contribution is -0.116. The van der Waals surface area contributed by atoms with Gasteiger partial charge in [-0.1, -0.05) is 21.1 Å². The summed E-state index contributed by atoms with van der Waals surface area (Å²) in [5.74, 6) is 1.63. The van der Waals surface area contributed by atoms with Crippen LogP contribution in [-0.4, -0.2) is 22.7 Å². The highest BCUT2D eigenvalue weighted by Gasteiger charge is 2.11. The van der Waals surface area contributed by atoms with Crippen molar-refractivity contribution in [3.05, 3.63) is 58.4 Å². The van der Waals surface area contributed by atoms with Crippen LogP contribution in [0.2, 0.25) is 0 Å². The van der Waals surface area contributed by atoms with E-state index in [2.05, 4.69) is 31.4 Å². The van der Waals surface area contributed by atoms with E-state index in [0.29, 0.717) is 24.7 Å². The molecule has 0 unspecified atom stereocenters. The number of hydrogen-bond donors (Lipinski definition) is 1. The first-order valence-electron chi connectivity index (χ1n) is 8.67. The molecule has 140 valence electrons. The van der Waals surface area contributed by atoms with E-state index in [4.69, 9.17) is 9.26 Å². The molecule has 0 aliphatic heterocycles. The minimum atomic E-state index is -0.0995. The summed E-state index contributed by atoms with van der Waals surface area (Å²) in [5.41, 5.74) is 2.66. The molecule has 0 fully saturated rings. The summed E-state index contributed by atoms with van der Waals surface area (Å²) >= 11 is 3.44. The number of carbonyl (C=O) groups is 1. The van der Waals surface area contributed by atoms with Gasteiger partial charge in [-0.3, -0.25) is 4.79 Å². The molecular formula is C20H20BrN3O3. The molecule has 1 heterocycles. The van der Waals surface area contributed by atoms with Gasteiger partial charge in [0.2, 0.25) is 17.6 Å². The standard InChI is InChI=1S/C20H20BrN3O3/c1-3-26-16-7-4-14(5-8-16)20-23-19(27-24-20)11-10-18(25)22-15-6-9-17(21)13(2)12-15/h4-9,12H,3,10-11H2,1-2H3,(H,22,25). The number of amides is 1. The third-order valence-corrected chi connectivity index (χ3v) is 4.79. The molecule has 1 amide bonds.